The highest BCUT2D eigenvalue weighted by Crippen LogP contribution is 2.06. The lowest BCUT2D eigenvalue weighted by Crippen LogP contribution is -2.43. The monoisotopic (exact) mass is 277 g/mol. The third kappa shape index (κ3) is 3.52. The van der Waals surface area contributed by atoms with E-state index in [4.69, 9.17) is 5.11 Å². The van der Waals surface area contributed by atoms with Crippen molar-refractivity contribution < 1.29 is 23.1 Å². The smallest absolute Gasteiger partial charge is 0.324 e. The predicted molar refractivity (Wildman–Crippen MR) is 61.5 cm³/mol. The number of carboxylic acids is 1. The minimum Gasteiger partial charge on any atom is -0.480 e. The first-order valence-corrected chi connectivity index (χ1v) is 6.65. The maximum absolute atomic E-state index is 11.8. The lowest BCUT2D eigenvalue weighted by Gasteiger charge is -2.12. The zero-order valence-corrected chi connectivity index (χ0v) is 10.8. The molecule has 0 aromatic carbocycles. The quantitative estimate of drug-likeness (QED) is 0.680. The van der Waals surface area contributed by atoms with Gasteiger partial charge in [-0.25, -0.2) is 13.4 Å². The molecular formula is C9H15N3O5S. The van der Waals surface area contributed by atoms with Gasteiger partial charge >= 0.3 is 5.97 Å². The van der Waals surface area contributed by atoms with Gasteiger partial charge in [0, 0.05) is 19.9 Å². The molecule has 2 N–H and O–H groups in total. The number of ether oxygens (including phenoxy) is 1. The van der Waals surface area contributed by atoms with Crippen LogP contribution in [0.3, 0.4) is 0 Å². The number of hydrogen-bond acceptors (Lipinski definition) is 5. The predicted octanol–water partition coefficient (Wildman–Crippen LogP) is -0.719. The first-order valence-electron chi connectivity index (χ1n) is 5.16. The summed E-state index contributed by atoms with van der Waals surface area (Å²) in [5, 5.41) is 8.62. The normalized spacial score (nSPS) is 13.4. The van der Waals surface area contributed by atoms with E-state index in [9.17, 15) is 13.2 Å². The number of carbonyl (C=O) groups is 1. The number of sulfonamides is 1. The van der Waals surface area contributed by atoms with E-state index < -0.39 is 22.0 Å². The average Bonchev–Trinajstić information content (AvgIpc) is 2.77. The van der Waals surface area contributed by atoms with Crippen molar-refractivity contribution in [2.45, 2.75) is 24.5 Å². The van der Waals surface area contributed by atoms with Crippen molar-refractivity contribution in [1.82, 2.24) is 14.3 Å². The van der Waals surface area contributed by atoms with E-state index in [0.29, 0.717) is 6.54 Å². The molecule has 0 spiro atoms. The number of imidazole rings is 1. The molecule has 8 nitrogen and oxygen atoms in total. The number of hydrogen-bond donors (Lipinski definition) is 2. The lowest BCUT2D eigenvalue weighted by molar-refractivity contribution is -0.140. The van der Waals surface area contributed by atoms with Crippen LogP contribution < -0.4 is 4.72 Å². The summed E-state index contributed by atoms with van der Waals surface area (Å²) >= 11 is 0. The van der Waals surface area contributed by atoms with E-state index in [0.717, 1.165) is 0 Å². The van der Waals surface area contributed by atoms with Crippen LogP contribution in [0, 0.1) is 0 Å². The van der Waals surface area contributed by atoms with E-state index in [1.165, 1.54) is 19.6 Å². The summed E-state index contributed by atoms with van der Waals surface area (Å²) in [5.74, 6) is -1.31. The zero-order chi connectivity index (χ0) is 13.8. The molecule has 0 fully saturated rings. The second-order valence-corrected chi connectivity index (χ2v) is 5.17. The van der Waals surface area contributed by atoms with Gasteiger partial charge in [0.05, 0.1) is 12.9 Å². The van der Waals surface area contributed by atoms with E-state index >= 15 is 0 Å². The average molecular weight is 277 g/mol. The van der Waals surface area contributed by atoms with Crippen LogP contribution in [0.2, 0.25) is 0 Å². The Labute approximate surface area is 105 Å². The Balaban J connectivity index is 2.89. The van der Waals surface area contributed by atoms with Crippen molar-refractivity contribution in [3.8, 4) is 0 Å². The standard InChI is InChI=1S/C9H15N3O5S/c1-3-12-4-8(10-6-12)18(15,16)11-7(5-17-2)9(13)14/h4,6-7,11H,3,5H2,1-2H3,(H,13,14). The van der Waals surface area contributed by atoms with Crippen LogP contribution in [0.15, 0.2) is 17.6 Å². The van der Waals surface area contributed by atoms with E-state index in [1.54, 1.807) is 4.57 Å². The first-order chi connectivity index (χ1) is 8.40. The molecule has 1 unspecified atom stereocenters. The van der Waals surface area contributed by atoms with Crippen molar-refractivity contribution in [2.24, 2.45) is 0 Å². The topological polar surface area (TPSA) is 111 Å². The maximum Gasteiger partial charge on any atom is 0.324 e. The molecule has 102 valence electrons. The molecule has 0 radical (unpaired) electrons. The summed E-state index contributed by atoms with van der Waals surface area (Å²) in [5.41, 5.74) is 0. The van der Waals surface area contributed by atoms with Crippen LogP contribution in [0.1, 0.15) is 6.92 Å². The molecular weight excluding hydrogens is 262 g/mol. The van der Waals surface area contributed by atoms with Gasteiger partial charge in [0.2, 0.25) is 0 Å². The van der Waals surface area contributed by atoms with Crippen LogP contribution in [-0.2, 0) is 26.1 Å². The number of rotatable bonds is 7. The van der Waals surface area contributed by atoms with Gasteiger partial charge in [0.15, 0.2) is 5.03 Å². The van der Waals surface area contributed by atoms with Gasteiger partial charge in [0.25, 0.3) is 10.0 Å². The maximum atomic E-state index is 11.8. The van der Waals surface area contributed by atoms with Crippen LogP contribution in [-0.4, -0.2) is 48.8 Å². The Morgan fingerprint density at radius 1 is 1.67 bits per heavy atom. The molecule has 0 saturated carbocycles. The number of nitrogens with one attached hydrogen (secondary N) is 1. The molecule has 1 atom stereocenters. The van der Waals surface area contributed by atoms with E-state index in [1.807, 2.05) is 11.6 Å². The fourth-order valence-corrected chi connectivity index (χ4v) is 2.35. The van der Waals surface area contributed by atoms with Gasteiger partial charge in [-0.05, 0) is 6.92 Å². The van der Waals surface area contributed by atoms with Crippen molar-refractivity contribution in [3.63, 3.8) is 0 Å². The third-order valence-electron chi connectivity index (χ3n) is 2.18. The highest BCUT2D eigenvalue weighted by atomic mass is 32.2. The molecule has 1 heterocycles. The van der Waals surface area contributed by atoms with Crippen LogP contribution in [0.5, 0.6) is 0 Å². The lowest BCUT2D eigenvalue weighted by atomic mass is 10.3. The Morgan fingerprint density at radius 3 is 2.78 bits per heavy atom. The number of methoxy groups -OCH3 is 1. The third-order valence-corrected chi connectivity index (χ3v) is 3.54. The molecule has 0 aliphatic carbocycles. The number of nitrogens with zero attached hydrogens (tertiary/aromatic N) is 2. The van der Waals surface area contributed by atoms with Gasteiger partial charge in [-0.2, -0.15) is 4.72 Å². The Kier molecular flexibility index (Phi) is 4.82. The number of aliphatic carboxylic acids is 1. The molecule has 1 rings (SSSR count). The minimum absolute atomic E-state index is 0.216. The molecule has 1 aromatic heterocycles. The van der Waals surface area contributed by atoms with Crippen molar-refractivity contribution in [1.29, 1.82) is 0 Å². The molecule has 0 saturated heterocycles. The highest BCUT2D eigenvalue weighted by molar-refractivity contribution is 7.89. The summed E-state index contributed by atoms with van der Waals surface area (Å²) in [4.78, 5) is 14.5. The number of aromatic nitrogens is 2. The van der Waals surface area contributed by atoms with Gasteiger partial charge in [-0.1, -0.05) is 0 Å². The van der Waals surface area contributed by atoms with Crippen LogP contribution in [0.4, 0.5) is 0 Å². The van der Waals surface area contributed by atoms with E-state index in [-0.39, 0.29) is 11.6 Å². The van der Waals surface area contributed by atoms with Gasteiger partial charge in [-0.3, -0.25) is 4.79 Å². The Morgan fingerprint density at radius 2 is 2.33 bits per heavy atom. The second-order valence-electron chi connectivity index (χ2n) is 3.51. The summed E-state index contributed by atoms with van der Waals surface area (Å²) in [6.07, 6.45) is 2.69. The minimum atomic E-state index is -3.96. The van der Waals surface area contributed by atoms with Crippen LogP contribution >= 0.6 is 0 Å². The molecule has 9 heteroatoms. The van der Waals surface area contributed by atoms with Crippen molar-refractivity contribution in [2.75, 3.05) is 13.7 Å². The molecule has 0 amide bonds. The molecule has 1 aromatic rings. The van der Waals surface area contributed by atoms with Crippen LogP contribution in [0.25, 0.3) is 0 Å². The van der Waals surface area contributed by atoms with E-state index in [2.05, 4.69) is 9.72 Å². The summed E-state index contributed by atoms with van der Waals surface area (Å²) in [7, 11) is -2.67. The molecule has 0 bridgehead atoms. The number of aryl methyl sites for hydroxylation is 1. The van der Waals surface area contributed by atoms with Crippen molar-refractivity contribution in [3.05, 3.63) is 12.5 Å². The van der Waals surface area contributed by atoms with Crippen molar-refractivity contribution >= 4 is 16.0 Å². The summed E-state index contributed by atoms with van der Waals surface area (Å²) in [6, 6.07) is -1.34. The Hall–Kier alpha value is -1.45. The first kappa shape index (κ1) is 14.6. The highest BCUT2D eigenvalue weighted by Gasteiger charge is 2.26. The van der Waals surface area contributed by atoms with Gasteiger partial charge in [-0.15, -0.1) is 0 Å². The summed E-state index contributed by atoms with van der Waals surface area (Å²) < 4.78 is 31.9. The fraction of sp³-hybridized carbons (Fsp3) is 0.556. The van der Waals surface area contributed by atoms with Gasteiger partial charge in [0.1, 0.15) is 6.04 Å². The largest absolute Gasteiger partial charge is 0.480 e. The number of carboxylic acid groups (broad SMARTS) is 1. The molecule has 0 aliphatic heterocycles. The molecule has 18 heavy (non-hydrogen) atoms. The van der Waals surface area contributed by atoms with Gasteiger partial charge < -0.3 is 14.4 Å². The summed E-state index contributed by atoms with van der Waals surface area (Å²) in [6.45, 7) is 2.14. The zero-order valence-electron chi connectivity index (χ0n) is 10.0. The second kappa shape index (κ2) is 5.94. The SMILES string of the molecule is CCn1cnc(S(=O)(=O)NC(COC)C(=O)O)c1. The molecule has 0 aliphatic rings. The Bertz CT molecular complexity index is 510. The fourth-order valence-electron chi connectivity index (χ4n) is 1.22.